The van der Waals surface area contributed by atoms with Crippen molar-refractivity contribution >= 4 is 46.4 Å². The van der Waals surface area contributed by atoms with E-state index in [9.17, 15) is 10.2 Å². The van der Waals surface area contributed by atoms with E-state index in [2.05, 4.69) is 72.4 Å². The van der Waals surface area contributed by atoms with Crippen LogP contribution < -0.4 is 0 Å². The Labute approximate surface area is 383 Å². The summed E-state index contributed by atoms with van der Waals surface area (Å²) in [7, 11) is 0. The Bertz CT molecular complexity index is 2320. The van der Waals surface area contributed by atoms with Gasteiger partial charge in [0.05, 0.1) is 22.8 Å². The maximum Gasteiger partial charge on any atom is 0.116 e. The molecule has 0 amide bonds. The van der Waals surface area contributed by atoms with Crippen LogP contribution in [0.3, 0.4) is 0 Å². The number of hydrogen-bond donors (Lipinski definition) is 4. The second kappa shape index (κ2) is 24.6. The van der Waals surface area contributed by atoms with E-state index in [-0.39, 0.29) is 11.5 Å². The molecule has 338 valence electrons. The van der Waals surface area contributed by atoms with E-state index in [0.29, 0.717) is 0 Å². The molecule has 7 rings (SSSR count). The number of aromatic hydroxyl groups is 2. The molecule has 5 heterocycles. The van der Waals surface area contributed by atoms with Gasteiger partial charge in [-0.3, -0.25) is 0 Å². The van der Waals surface area contributed by atoms with Crippen LogP contribution in [0.15, 0.2) is 72.8 Å². The molecule has 0 atom stereocenters. The molecule has 0 spiro atoms. The van der Waals surface area contributed by atoms with Gasteiger partial charge in [0.15, 0.2) is 0 Å². The zero-order valence-corrected chi connectivity index (χ0v) is 39.0. The molecule has 2 aliphatic heterocycles. The lowest BCUT2D eigenvalue weighted by Gasteiger charge is -2.07. The molecule has 0 saturated carbocycles. The summed E-state index contributed by atoms with van der Waals surface area (Å²) < 4.78 is 0. The minimum atomic E-state index is 0.208. The highest BCUT2D eigenvalue weighted by Gasteiger charge is 2.18. The second-order valence-electron chi connectivity index (χ2n) is 18.4. The number of fused-ring (bicyclic) bond motifs is 8. The van der Waals surface area contributed by atoms with Crippen LogP contribution >= 0.6 is 0 Å². The van der Waals surface area contributed by atoms with Gasteiger partial charge in [-0.1, -0.05) is 167 Å². The highest BCUT2D eigenvalue weighted by Crippen LogP contribution is 2.37. The van der Waals surface area contributed by atoms with Gasteiger partial charge in [-0.05, 0) is 110 Å². The zero-order chi connectivity index (χ0) is 44.4. The van der Waals surface area contributed by atoms with E-state index >= 15 is 0 Å². The number of aromatic amines is 2. The van der Waals surface area contributed by atoms with Gasteiger partial charge in [-0.2, -0.15) is 0 Å². The van der Waals surface area contributed by atoms with Crippen LogP contribution in [0.25, 0.3) is 68.6 Å². The quantitative estimate of drug-likeness (QED) is 0.0408. The standard InChI is InChI=1S/C58H74N4O2/c1-3-5-7-9-11-13-15-17-19-21-23-31-47-49-33-34-50(59-49)48(32-24-22-20-18-16-14-12-10-8-6-4-2)52-36-38-54(61-52)58(44-28-26-30-46(64)42-44)56-40-39-55(62-56)57(53-37-35-51(47)60-53)43-27-25-29-45(63)41-43/h25-30,33-42,60-61,63-64H,3-24,31-32H2,1-2H3. The average Bonchev–Trinajstić information content (AvgIpc) is 4.15. The molecule has 3 aromatic heterocycles. The van der Waals surface area contributed by atoms with Crippen LogP contribution in [0.4, 0.5) is 0 Å². The summed E-state index contributed by atoms with van der Waals surface area (Å²) in [6.07, 6.45) is 39.4. The van der Waals surface area contributed by atoms with Crippen molar-refractivity contribution in [1.29, 1.82) is 0 Å². The summed E-state index contributed by atoms with van der Waals surface area (Å²) in [6, 6.07) is 23.6. The monoisotopic (exact) mass is 859 g/mol. The minimum absolute atomic E-state index is 0.208. The molecule has 6 nitrogen and oxygen atoms in total. The largest absolute Gasteiger partial charge is 0.508 e. The van der Waals surface area contributed by atoms with Gasteiger partial charge in [-0.25, -0.2) is 9.97 Å². The summed E-state index contributed by atoms with van der Waals surface area (Å²) in [5, 5.41) is 21.4. The van der Waals surface area contributed by atoms with Crippen molar-refractivity contribution in [2.45, 2.75) is 168 Å². The molecule has 0 saturated heterocycles. The summed E-state index contributed by atoms with van der Waals surface area (Å²) in [4.78, 5) is 18.5. The Balaban J connectivity index is 1.27. The van der Waals surface area contributed by atoms with Crippen LogP contribution in [0.2, 0.25) is 0 Å². The SMILES string of the molecule is CCCCCCCCCCCCCc1c2nc(c(CCCCCCCCCCCCC)c3ccc([nH]3)c(-c3cccc(O)c3)c3nc(c(-c4cccc(O)c4)c4ccc1[nH]4)C=C3)C=C2. The summed E-state index contributed by atoms with van der Waals surface area (Å²) in [5.74, 6) is 0.415. The predicted octanol–water partition coefficient (Wildman–Crippen LogP) is 17.1. The van der Waals surface area contributed by atoms with Crippen LogP contribution in [0.1, 0.15) is 189 Å². The number of phenols is 2. The molecule has 64 heavy (non-hydrogen) atoms. The third-order valence-corrected chi connectivity index (χ3v) is 13.3. The molecule has 0 unspecified atom stereocenters. The van der Waals surface area contributed by atoms with Gasteiger partial charge >= 0.3 is 0 Å². The van der Waals surface area contributed by atoms with Crippen LogP contribution in [0, 0.1) is 0 Å². The molecule has 6 heteroatoms. The Hall–Kier alpha value is -5.36. The fourth-order valence-corrected chi connectivity index (χ4v) is 9.71. The molecular weight excluding hydrogens is 785 g/mol. The first-order chi connectivity index (χ1) is 31.5. The fraction of sp³-hybridized carbons (Fsp3) is 0.448. The van der Waals surface area contributed by atoms with Crippen LogP contribution in [-0.4, -0.2) is 30.1 Å². The van der Waals surface area contributed by atoms with E-state index < -0.39 is 0 Å². The maximum atomic E-state index is 10.7. The molecule has 2 aromatic carbocycles. The Morgan fingerprint density at radius 2 is 0.703 bits per heavy atom. The van der Waals surface area contributed by atoms with E-state index in [1.54, 1.807) is 12.1 Å². The molecule has 0 radical (unpaired) electrons. The number of hydrogen-bond acceptors (Lipinski definition) is 4. The van der Waals surface area contributed by atoms with E-state index in [0.717, 1.165) is 92.8 Å². The van der Waals surface area contributed by atoms with Gasteiger partial charge in [0, 0.05) is 44.3 Å². The Kier molecular flexibility index (Phi) is 17.9. The summed E-state index contributed by atoms with van der Waals surface area (Å²) >= 11 is 0. The maximum absolute atomic E-state index is 10.7. The van der Waals surface area contributed by atoms with Gasteiger partial charge in [0.2, 0.25) is 0 Å². The third kappa shape index (κ3) is 12.9. The minimum Gasteiger partial charge on any atom is -0.508 e. The normalized spacial score (nSPS) is 12.2. The molecule has 2 aliphatic rings. The second-order valence-corrected chi connectivity index (χ2v) is 18.4. The number of aromatic nitrogens is 4. The van der Waals surface area contributed by atoms with Gasteiger partial charge in [-0.15, -0.1) is 0 Å². The molecular formula is C58H74N4O2. The first kappa shape index (κ1) is 46.6. The van der Waals surface area contributed by atoms with Crippen LogP contribution in [0.5, 0.6) is 11.5 Å². The van der Waals surface area contributed by atoms with Crippen molar-refractivity contribution in [3.63, 3.8) is 0 Å². The Morgan fingerprint density at radius 3 is 1.08 bits per heavy atom. The first-order valence-electron chi connectivity index (χ1n) is 25.2. The molecule has 0 fully saturated rings. The number of H-pyrrole nitrogens is 2. The number of nitrogens with one attached hydrogen (secondary N) is 2. The average molecular weight is 859 g/mol. The van der Waals surface area contributed by atoms with Crippen molar-refractivity contribution in [3.8, 4) is 33.8 Å². The number of rotatable bonds is 26. The van der Waals surface area contributed by atoms with Crippen LogP contribution in [-0.2, 0) is 12.8 Å². The first-order valence-corrected chi connectivity index (χ1v) is 25.2. The van der Waals surface area contributed by atoms with Gasteiger partial charge < -0.3 is 20.2 Å². The van der Waals surface area contributed by atoms with Gasteiger partial charge in [0.1, 0.15) is 11.5 Å². The lowest BCUT2D eigenvalue weighted by atomic mass is 10.0. The van der Waals surface area contributed by atoms with E-state index in [1.165, 1.54) is 140 Å². The highest BCUT2D eigenvalue weighted by molar-refractivity contribution is 5.96. The number of aryl methyl sites for hydroxylation is 2. The topological polar surface area (TPSA) is 97.8 Å². The van der Waals surface area contributed by atoms with E-state index in [1.807, 2.05) is 36.4 Å². The van der Waals surface area contributed by atoms with Crippen molar-refractivity contribution in [1.82, 2.24) is 19.9 Å². The molecule has 4 N–H and O–H groups in total. The zero-order valence-electron chi connectivity index (χ0n) is 39.0. The molecule has 0 aliphatic carbocycles. The fourth-order valence-electron chi connectivity index (χ4n) is 9.71. The summed E-state index contributed by atoms with van der Waals surface area (Å²) in [6.45, 7) is 4.58. The van der Waals surface area contributed by atoms with Crippen molar-refractivity contribution in [3.05, 3.63) is 107 Å². The smallest absolute Gasteiger partial charge is 0.116 e. The van der Waals surface area contributed by atoms with E-state index in [4.69, 9.17) is 9.97 Å². The number of nitrogens with zero attached hydrogens (tertiary/aromatic N) is 2. The lowest BCUT2D eigenvalue weighted by molar-refractivity contribution is 0.475. The molecule has 5 aromatic rings. The number of benzene rings is 2. The number of unbranched alkanes of at least 4 members (excludes halogenated alkanes) is 20. The molecule has 8 bridgehead atoms. The van der Waals surface area contributed by atoms with Crippen molar-refractivity contribution < 1.29 is 10.2 Å². The van der Waals surface area contributed by atoms with Crippen molar-refractivity contribution in [2.24, 2.45) is 0 Å². The van der Waals surface area contributed by atoms with Gasteiger partial charge in [0.25, 0.3) is 0 Å². The number of phenolic OH excluding ortho intramolecular Hbond substituents is 2. The summed E-state index contributed by atoms with van der Waals surface area (Å²) in [5.41, 5.74) is 13.8. The predicted molar refractivity (Wildman–Crippen MR) is 273 cm³/mol. The lowest BCUT2D eigenvalue weighted by Crippen LogP contribution is -1.95. The van der Waals surface area contributed by atoms with Crippen molar-refractivity contribution in [2.75, 3.05) is 0 Å². The Morgan fingerprint density at radius 1 is 0.375 bits per heavy atom. The highest BCUT2D eigenvalue weighted by atomic mass is 16.3. The third-order valence-electron chi connectivity index (χ3n) is 13.3.